The van der Waals surface area contributed by atoms with E-state index in [9.17, 15) is 14.7 Å². The Bertz CT molecular complexity index is 849. The van der Waals surface area contributed by atoms with Gasteiger partial charge in [0.15, 0.2) is 0 Å². The van der Waals surface area contributed by atoms with E-state index in [1.165, 1.54) is 116 Å². The van der Waals surface area contributed by atoms with Crippen molar-refractivity contribution in [3.8, 4) is 0 Å². The van der Waals surface area contributed by atoms with Gasteiger partial charge < -0.3 is 19.3 Å². The van der Waals surface area contributed by atoms with Crippen molar-refractivity contribution in [1.82, 2.24) is 0 Å². The number of epoxide rings is 1. The minimum Gasteiger partial charge on any atom is -0.463 e. The first-order chi connectivity index (χ1) is 24.1. The second kappa shape index (κ2) is 34.5. The van der Waals surface area contributed by atoms with E-state index in [-0.39, 0.29) is 25.2 Å². The summed E-state index contributed by atoms with van der Waals surface area (Å²) >= 11 is 0. The van der Waals surface area contributed by atoms with Crippen LogP contribution in [0.5, 0.6) is 0 Å². The molecule has 49 heavy (non-hydrogen) atoms. The minimum absolute atomic E-state index is 0.135. The molecule has 1 aliphatic heterocycles. The van der Waals surface area contributed by atoms with Crippen LogP contribution >= 0.6 is 0 Å². The molecular weight excluding hydrogens is 612 g/mol. The fraction of sp³-hybridized carbons (Fsp3) is 0.814. The zero-order chi connectivity index (χ0) is 35.5. The quantitative estimate of drug-likeness (QED) is 0.0305. The van der Waals surface area contributed by atoms with Crippen LogP contribution in [0.3, 0.4) is 0 Å². The Hall–Kier alpha value is -1.92. The fourth-order valence-electron chi connectivity index (χ4n) is 6.00. The van der Waals surface area contributed by atoms with Gasteiger partial charge >= 0.3 is 11.9 Å². The summed E-state index contributed by atoms with van der Waals surface area (Å²) in [6, 6.07) is 0. The third kappa shape index (κ3) is 31.8. The smallest absolute Gasteiger partial charge is 0.305 e. The van der Waals surface area contributed by atoms with E-state index in [4.69, 9.17) is 14.2 Å². The van der Waals surface area contributed by atoms with E-state index >= 15 is 0 Å². The fourth-order valence-corrected chi connectivity index (χ4v) is 6.00. The number of ether oxygens (including phenoxy) is 3. The first kappa shape index (κ1) is 45.1. The SMILES string of the molecule is CCCCC/C=C\C/C=C\CC1OC1C/C=C\CCCC(=O)OC[C@H](O)COC(=O)CCCCCCCCCCCCCCCCCCC. The van der Waals surface area contributed by atoms with E-state index in [1.54, 1.807) is 0 Å². The Balaban J connectivity index is 1.85. The molecule has 0 aromatic carbocycles. The van der Waals surface area contributed by atoms with E-state index in [0.29, 0.717) is 31.5 Å². The van der Waals surface area contributed by atoms with E-state index in [0.717, 1.165) is 44.9 Å². The molecule has 0 aromatic rings. The monoisotopic (exact) mass is 689 g/mol. The lowest BCUT2D eigenvalue weighted by Crippen LogP contribution is -2.25. The summed E-state index contributed by atoms with van der Waals surface area (Å²) in [6.07, 6.45) is 45.2. The lowest BCUT2D eigenvalue weighted by molar-refractivity contribution is -0.152. The number of unbranched alkanes of at least 4 members (excludes halogenated alkanes) is 20. The number of rotatable bonds is 36. The summed E-state index contributed by atoms with van der Waals surface area (Å²) < 4.78 is 16.1. The molecule has 0 radical (unpaired) electrons. The van der Waals surface area contributed by atoms with Gasteiger partial charge in [-0.05, 0) is 51.4 Å². The van der Waals surface area contributed by atoms with Crippen molar-refractivity contribution in [2.24, 2.45) is 0 Å². The van der Waals surface area contributed by atoms with Gasteiger partial charge in [-0.1, -0.05) is 166 Å². The molecule has 0 amide bonds. The Morgan fingerprint density at radius 2 is 0.918 bits per heavy atom. The highest BCUT2D eigenvalue weighted by Gasteiger charge is 2.35. The van der Waals surface area contributed by atoms with Gasteiger partial charge in [0, 0.05) is 12.8 Å². The average Bonchev–Trinajstić information content (AvgIpc) is 3.86. The molecule has 1 heterocycles. The van der Waals surface area contributed by atoms with Crippen molar-refractivity contribution >= 4 is 11.9 Å². The maximum Gasteiger partial charge on any atom is 0.305 e. The Kier molecular flexibility index (Phi) is 31.8. The van der Waals surface area contributed by atoms with Gasteiger partial charge in [0.05, 0.1) is 12.2 Å². The van der Waals surface area contributed by atoms with Crippen molar-refractivity contribution < 1.29 is 28.9 Å². The number of aliphatic hydroxyl groups is 1. The van der Waals surface area contributed by atoms with Crippen molar-refractivity contribution in [1.29, 1.82) is 0 Å². The van der Waals surface area contributed by atoms with Crippen molar-refractivity contribution in [3.05, 3.63) is 36.5 Å². The molecule has 3 atom stereocenters. The minimum atomic E-state index is -0.989. The van der Waals surface area contributed by atoms with Crippen LogP contribution in [-0.4, -0.2) is 48.6 Å². The first-order valence-electron chi connectivity index (χ1n) is 20.7. The van der Waals surface area contributed by atoms with Gasteiger partial charge in [-0.3, -0.25) is 9.59 Å². The van der Waals surface area contributed by atoms with Gasteiger partial charge in [0.2, 0.25) is 0 Å². The van der Waals surface area contributed by atoms with Gasteiger partial charge in [-0.2, -0.15) is 0 Å². The molecule has 0 aliphatic carbocycles. The largest absolute Gasteiger partial charge is 0.463 e. The van der Waals surface area contributed by atoms with Gasteiger partial charge in [0.25, 0.3) is 0 Å². The average molecular weight is 689 g/mol. The van der Waals surface area contributed by atoms with Crippen LogP contribution in [0.4, 0.5) is 0 Å². The summed E-state index contributed by atoms with van der Waals surface area (Å²) in [5.41, 5.74) is 0. The molecule has 0 aromatic heterocycles. The predicted molar refractivity (Wildman–Crippen MR) is 205 cm³/mol. The molecule has 1 fully saturated rings. The summed E-state index contributed by atoms with van der Waals surface area (Å²) in [5.74, 6) is -0.631. The first-order valence-corrected chi connectivity index (χ1v) is 20.7. The number of hydrogen-bond donors (Lipinski definition) is 1. The van der Waals surface area contributed by atoms with Crippen LogP contribution in [0.1, 0.15) is 194 Å². The summed E-state index contributed by atoms with van der Waals surface area (Å²) in [5, 5.41) is 10.0. The van der Waals surface area contributed by atoms with Crippen LogP contribution in [0.25, 0.3) is 0 Å². The van der Waals surface area contributed by atoms with Crippen LogP contribution < -0.4 is 0 Å². The molecular formula is C43H76O6. The maximum atomic E-state index is 12.0. The number of aliphatic hydroxyl groups excluding tert-OH is 1. The Morgan fingerprint density at radius 3 is 1.45 bits per heavy atom. The van der Waals surface area contributed by atoms with Crippen LogP contribution in [0.2, 0.25) is 0 Å². The molecule has 1 rings (SSSR count). The molecule has 1 saturated heterocycles. The van der Waals surface area contributed by atoms with Crippen LogP contribution in [0.15, 0.2) is 36.5 Å². The lowest BCUT2D eigenvalue weighted by Gasteiger charge is -2.12. The van der Waals surface area contributed by atoms with Crippen LogP contribution in [-0.2, 0) is 23.8 Å². The van der Waals surface area contributed by atoms with Crippen molar-refractivity contribution in [2.45, 2.75) is 212 Å². The Morgan fingerprint density at radius 1 is 0.531 bits per heavy atom. The molecule has 1 N–H and O–H groups in total. The summed E-state index contributed by atoms with van der Waals surface area (Å²) in [6.45, 7) is 4.22. The van der Waals surface area contributed by atoms with Gasteiger partial charge in [-0.15, -0.1) is 0 Å². The highest BCUT2D eigenvalue weighted by Crippen LogP contribution is 2.29. The number of carbonyl (C=O) groups excluding carboxylic acids is 2. The van der Waals surface area contributed by atoms with Crippen LogP contribution in [0, 0.1) is 0 Å². The van der Waals surface area contributed by atoms with Crippen molar-refractivity contribution in [2.75, 3.05) is 13.2 Å². The highest BCUT2D eigenvalue weighted by molar-refractivity contribution is 5.69. The number of allylic oxidation sites excluding steroid dienone is 4. The second-order valence-electron chi connectivity index (χ2n) is 14.1. The van der Waals surface area contributed by atoms with Crippen molar-refractivity contribution in [3.63, 3.8) is 0 Å². The lowest BCUT2D eigenvalue weighted by atomic mass is 10.0. The topological polar surface area (TPSA) is 85.4 Å². The molecule has 1 aliphatic rings. The maximum absolute atomic E-state index is 12.0. The molecule has 284 valence electrons. The summed E-state index contributed by atoms with van der Waals surface area (Å²) in [7, 11) is 0. The molecule has 2 unspecified atom stereocenters. The number of carbonyl (C=O) groups is 2. The third-order valence-electron chi connectivity index (χ3n) is 9.28. The predicted octanol–water partition coefficient (Wildman–Crippen LogP) is 11.8. The van der Waals surface area contributed by atoms with E-state index in [1.807, 2.05) is 0 Å². The van der Waals surface area contributed by atoms with E-state index < -0.39 is 6.10 Å². The van der Waals surface area contributed by atoms with E-state index in [2.05, 4.69) is 50.3 Å². The highest BCUT2D eigenvalue weighted by atomic mass is 16.6. The molecule has 6 nitrogen and oxygen atoms in total. The molecule has 0 saturated carbocycles. The van der Waals surface area contributed by atoms with Gasteiger partial charge in [0.1, 0.15) is 19.3 Å². The zero-order valence-electron chi connectivity index (χ0n) is 31.9. The Labute approximate surface area is 301 Å². The normalized spacial score (nSPS) is 16.6. The number of esters is 2. The molecule has 6 heteroatoms. The summed E-state index contributed by atoms with van der Waals surface area (Å²) in [4.78, 5) is 24.0. The van der Waals surface area contributed by atoms with Gasteiger partial charge in [-0.25, -0.2) is 0 Å². The number of hydrogen-bond acceptors (Lipinski definition) is 6. The molecule has 0 bridgehead atoms. The molecule has 0 spiro atoms. The third-order valence-corrected chi connectivity index (χ3v) is 9.28. The second-order valence-corrected chi connectivity index (χ2v) is 14.1. The standard InChI is InChI=1S/C43H76O6/c1-3-5-7-9-11-13-14-15-16-17-18-19-20-22-24-26-31-35-42(45)47-37-39(44)38-48-43(46)36-32-28-27-30-34-41-40(49-41)33-29-25-23-21-12-10-8-6-4-2/h12,21,25,27,29-30,39-41,44H,3-11,13-20,22-24,26,28,31-38H2,1-2H3/b21-12-,29-25-,30-27-/t39-,40?,41?/m1/s1. The zero-order valence-corrected chi connectivity index (χ0v) is 31.9.